The third-order valence-corrected chi connectivity index (χ3v) is 5.42. The number of nitrogens with zero attached hydrogens (tertiary/aromatic N) is 5. The number of hydrogen-bond donors (Lipinski definition) is 2. The van der Waals surface area contributed by atoms with Crippen molar-refractivity contribution in [3.63, 3.8) is 0 Å². The molecule has 3 aromatic heterocycles. The van der Waals surface area contributed by atoms with Crippen molar-refractivity contribution in [2.75, 3.05) is 5.32 Å². The lowest BCUT2D eigenvalue weighted by atomic mass is 10.0. The van der Waals surface area contributed by atoms with Crippen LogP contribution in [0.4, 0.5) is 5.69 Å². The van der Waals surface area contributed by atoms with E-state index in [9.17, 15) is 14.7 Å². The lowest BCUT2D eigenvalue weighted by molar-refractivity contribution is -0.141. The average molecular weight is 473 g/mol. The maximum Gasteiger partial charge on any atom is 0.328 e. The van der Waals surface area contributed by atoms with Gasteiger partial charge in [0.25, 0.3) is 0 Å². The number of rotatable bonds is 10. The second kappa shape index (κ2) is 11.0. The van der Waals surface area contributed by atoms with Crippen molar-refractivity contribution in [2.45, 2.75) is 32.2 Å². The number of carbonyl (C=O) groups is 2. The van der Waals surface area contributed by atoms with Gasteiger partial charge < -0.3 is 14.8 Å². The second-order valence-electron chi connectivity index (χ2n) is 7.79. The maximum atomic E-state index is 12.5. The topological polar surface area (TPSA) is 136 Å². The monoisotopic (exact) mass is 472 g/mol. The highest BCUT2D eigenvalue weighted by molar-refractivity contribution is 6.02. The first-order valence-corrected chi connectivity index (χ1v) is 11.1. The first kappa shape index (κ1) is 23.6. The maximum absolute atomic E-state index is 12.5. The third-order valence-electron chi connectivity index (χ3n) is 5.42. The van der Waals surface area contributed by atoms with Gasteiger partial charge in [-0.1, -0.05) is 19.1 Å². The molecular weight excluding hydrogens is 448 g/mol. The van der Waals surface area contributed by atoms with Crippen LogP contribution in [-0.4, -0.2) is 41.9 Å². The Morgan fingerprint density at radius 1 is 1.17 bits per heavy atom. The zero-order chi connectivity index (χ0) is 24.6. The summed E-state index contributed by atoms with van der Waals surface area (Å²) >= 11 is 0. The highest BCUT2D eigenvalue weighted by Gasteiger charge is 2.18. The van der Waals surface area contributed by atoms with E-state index in [0.717, 1.165) is 23.1 Å². The molecule has 3 heterocycles. The fourth-order valence-electron chi connectivity index (χ4n) is 3.59. The van der Waals surface area contributed by atoms with Gasteiger partial charge in [0.05, 0.1) is 6.20 Å². The van der Waals surface area contributed by atoms with Crippen molar-refractivity contribution in [1.82, 2.24) is 25.0 Å². The number of benzene rings is 1. The zero-order valence-electron chi connectivity index (χ0n) is 19.0. The summed E-state index contributed by atoms with van der Waals surface area (Å²) in [4.78, 5) is 28.1. The van der Waals surface area contributed by atoms with E-state index in [1.807, 2.05) is 24.3 Å². The van der Waals surface area contributed by atoms with E-state index in [2.05, 4.69) is 25.6 Å². The molecule has 10 heteroatoms. The summed E-state index contributed by atoms with van der Waals surface area (Å²) in [5.41, 5.74) is 4.00. The van der Waals surface area contributed by atoms with Crippen molar-refractivity contribution in [1.29, 1.82) is 0 Å². The summed E-state index contributed by atoms with van der Waals surface area (Å²) in [5.74, 6) is -0.638. The van der Waals surface area contributed by atoms with Crippen molar-refractivity contribution >= 4 is 23.6 Å². The largest absolute Gasteiger partial charge is 0.480 e. The SMILES string of the molecule is CCC(C(=O)O)n1cc(-c2ccncc2/C=C/C(=O)Nc2ccc(CCc3nnco3)cc2)cn1. The Morgan fingerprint density at radius 2 is 2.00 bits per heavy atom. The molecule has 1 aromatic carbocycles. The summed E-state index contributed by atoms with van der Waals surface area (Å²) in [6, 6.07) is 8.62. The molecule has 1 atom stereocenters. The Morgan fingerprint density at radius 3 is 2.71 bits per heavy atom. The zero-order valence-corrected chi connectivity index (χ0v) is 19.0. The summed E-state index contributed by atoms with van der Waals surface area (Å²) in [6.07, 6.45) is 12.8. The molecule has 0 radical (unpaired) electrons. The van der Waals surface area contributed by atoms with Crippen LogP contribution in [-0.2, 0) is 22.4 Å². The summed E-state index contributed by atoms with van der Waals surface area (Å²) in [5, 5.41) is 23.9. The predicted molar refractivity (Wildman–Crippen MR) is 128 cm³/mol. The van der Waals surface area contributed by atoms with Gasteiger partial charge in [0, 0.05) is 47.9 Å². The first-order chi connectivity index (χ1) is 17.0. The molecule has 0 aliphatic carbocycles. The molecule has 1 unspecified atom stereocenters. The van der Waals surface area contributed by atoms with Gasteiger partial charge in [0.15, 0.2) is 0 Å². The van der Waals surface area contributed by atoms with Crippen LogP contribution in [0.25, 0.3) is 17.2 Å². The molecule has 0 fully saturated rings. The fourth-order valence-corrected chi connectivity index (χ4v) is 3.59. The van der Waals surface area contributed by atoms with Crippen LogP contribution in [0.1, 0.15) is 36.4 Å². The van der Waals surface area contributed by atoms with Crippen molar-refractivity contribution in [2.24, 2.45) is 0 Å². The Balaban J connectivity index is 1.40. The van der Waals surface area contributed by atoms with Gasteiger partial charge in [0.1, 0.15) is 6.04 Å². The number of nitrogens with one attached hydrogen (secondary N) is 1. The highest BCUT2D eigenvalue weighted by atomic mass is 16.4. The summed E-state index contributed by atoms with van der Waals surface area (Å²) < 4.78 is 6.57. The summed E-state index contributed by atoms with van der Waals surface area (Å²) in [7, 11) is 0. The first-order valence-electron chi connectivity index (χ1n) is 11.1. The number of carboxylic acid groups (broad SMARTS) is 1. The van der Waals surface area contributed by atoms with Crippen molar-refractivity contribution in [3.05, 3.63) is 84.6 Å². The lowest BCUT2D eigenvalue weighted by Gasteiger charge is -2.09. The third kappa shape index (κ3) is 6.05. The number of anilines is 1. The molecule has 4 aromatic rings. The molecule has 0 saturated carbocycles. The highest BCUT2D eigenvalue weighted by Crippen LogP contribution is 2.25. The van der Waals surface area contributed by atoms with Crippen LogP contribution >= 0.6 is 0 Å². The molecule has 0 bridgehead atoms. The molecule has 178 valence electrons. The number of carboxylic acids is 1. The van der Waals surface area contributed by atoms with Crippen LogP contribution in [0.5, 0.6) is 0 Å². The van der Waals surface area contributed by atoms with Crippen LogP contribution in [0.3, 0.4) is 0 Å². The van der Waals surface area contributed by atoms with Gasteiger partial charge in [-0.3, -0.25) is 14.5 Å². The smallest absolute Gasteiger partial charge is 0.328 e. The quantitative estimate of drug-likeness (QED) is 0.333. The summed E-state index contributed by atoms with van der Waals surface area (Å²) in [6.45, 7) is 1.79. The molecule has 35 heavy (non-hydrogen) atoms. The normalized spacial score (nSPS) is 12.0. The Labute approximate surface area is 201 Å². The van der Waals surface area contributed by atoms with E-state index in [4.69, 9.17) is 4.42 Å². The second-order valence-corrected chi connectivity index (χ2v) is 7.79. The molecule has 10 nitrogen and oxygen atoms in total. The molecular formula is C25H24N6O4. The number of aliphatic carboxylic acids is 1. The van der Waals surface area contributed by atoms with Crippen molar-refractivity contribution in [3.8, 4) is 11.1 Å². The van der Waals surface area contributed by atoms with Gasteiger partial charge >= 0.3 is 5.97 Å². The van der Waals surface area contributed by atoms with Gasteiger partial charge in [-0.05, 0) is 48.2 Å². The van der Waals surface area contributed by atoms with Gasteiger partial charge in [-0.2, -0.15) is 5.10 Å². The van der Waals surface area contributed by atoms with Gasteiger partial charge in [-0.15, -0.1) is 10.2 Å². The fraction of sp³-hybridized carbons (Fsp3) is 0.200. The molecule has 1 amide bonds. The minimum atomic E-state index is -0.937. The van der Waals surface area contributed by atoms with Gasteiger partial charge in [-0.25, -0.2) is 4.79 Å². The molecule has 0 aliphatic rings. The number of hydrogen-bond acceptors (Lipinski definition) is 7. The van der Waals surface area contributed by atoms with E-state index >= 15 is 0 Å². The Hall–Kier alpha value is -4.60. The number of aromatic nitrogens is 5. The van der Waals surface area contributed by atoms with E-state index in [-0.39, 0.29) is 5.91 Å². The Kier molecular flexibility index (Phi) is 7.41. The Bertz CT molecular complexity index is 1310. The van der Waals surface area contributed by atoms with Crippen LogP contribution in [0.15, 0.2) is 72.0 Å². The number of aryl methyl sites for hydroxylation is 2. The minimum Gasteiger partial charge on any atom is -0.480 e. The number of carbonyl (C=O) groups excluding carboxylic acids is 1. The average Bonchev–Trinajstić information content (AvgIpc) is 3.55. The molecule has 0 spiro atoms. The lowest BCUT2D eigenvalue weighted by Crippen LogP contribution is -2.18. The van der Waals surface area contributed by atoms with E-state index in [1.165, 1.54) is 17.2 Å². The minimum absolute atomic E-state index is 0.286. The number of amides is 1. The van der Waals surface area contributed by atoms with E-state index in [1.54, 1.807) is 43.9 Å². The standard InChI is InChI=1S/C25H24N6O4/c1-2-22(25(33)34)31-15-19(14-28-31)21-11-12-26-13-18(21)6-9-23(32)29-20-7-3-17(4-8-20)5-10-24-30-27-16-35-24/h3-4,6-9,11-16,22H,2,5,10H2,1H3,(H,29,32)(H,33,34)/b9-6+. The van der Waals surface area contributed by atoms with Crippen LogP contribution < -0.4 is 5.32 Å². The molecule has 2 N–H and O–H groups in total. The van der Waals surface area contributed by atoms with Gasteiger partial charge in [0.2, 0.25) is 18.2 Å². The molecule has 0 saturated heterocycles. The van der Waals surface area contributed by atoms with E-state index in [0.29, 0.717) is 30.0 Å². The van der Waals surface area contributed by atoms with Crippen LogP contribution in [0.2, 0.25) is 0 Å². The van der Waals surface area contributed by atoms with Crippen molar-refractivity contribution < 1.29 is 19.1 Å². The molecule has 4 rings (SSSR count). The van der Waals surface area contributed by atoms with E-state index < -0.39 is 12.0 Å². The molecule has 0 aliphatic heterocycles. The van der Waals surface area contributed by atoms with Crippen LogP contribution in [0, 0.1) is 0 Å². The predicted octanol–water partition coefficient (Wildman–Crippen LogP) is 3.80. The number of pyridine rings is 1.